The first-order valence-corrected chi connectivity index (χ1v) is 4.19. The van der Waals surface area contributed by atoms with E-state index in [0.717, 1.165) is 11.0 Å². The van der Waals surface area contributed by atoms with Crippen LogP contribution in [0.4, 0.5) is 5.95 Å². The van der Waals surface area contributed by atoms with Gasteiger partial charge in [0.2, 0.25) is 11.9 Å². The molecule has 2 aromatic rings. The molecule has 1 amide bonds. The summed E-state index contributed by atoms with van der Waals surface area (Å²) in [4.78, 5) is 15.0. The number of halogens is 1. The summed E-state index contributed by atoms with van der Waals surface area (Å²) in [5.74, 6) is 0.0984. The highest BCUT2D eigenvalue weighted by Gasteiger charge is 2.07. The Bertz CT molecular complexity index is 494. The number of aromatic nitrogens is 2. The Morgan fingerprint density at radius 1 is 1.47 bits per heavy atom. The molecule has 0 aliphatic rings. The monoisotopic (exact) mass is 270 g/mol. The maximum atomic E-state index is 10.9. The zero-order chi connectivity index (χ0) is 10.1. The molecule has 0 atom stereocenters. The molecule has 0 spiro atoms. The second-order valence-corrected chi connectivity index (χ2v) is 2.96. The van der Waals surface area contributed by atoms with Gasteiger partial charge in [-0.25, -0.2) is 9.66 Å². The van der Waals surface area contributed by atoms with Crippen molar-refractivity contribution in [2.45, 2.75) is 6.92 Å². The molecule has 1 aromatic carbocycles. The maximum Gasteiger partial charge on any atom is 0.235 e. The van der Waals surface area contributed by atoms with Crippen molar-refractivity contribution in [1.82, 2.24) is 9.66 Å². The van der Waals surface area contributed by atoms with Crippen LogP contribution in [0.2, 0.25) is 0 Å². The first-order valence-electron chi connectivity index (χ1n) is 4.19. The molecule has 2 rings (SSSR count). The van der Waals surface area contributed by atoms with Gasteiger partial charge in [-0.15, -0.1) is 17.0 Å². The molecule has 80 valence electrons. The number of amides is 1. The Labute approximate surface area is 97.0 Å². The summed E-state index contributed by atoms with van der Waals surface area (Å²) in [7, 11) is 0. The fourth-order valence-electron chi connectivity index (χ4n) is 1.32. The number of anilines is 1. The molecule has 3 N–H and O–H groups in total. The zero-order valence-electron chi connectivity index (χ0n) is 8.10. The van der Waals surface area contributed by atoms with Crippen LogP contribution in [0.5, 0.6) is 0 Å². The summed E-state index contributed by atoms with van der Waals surface area (Å²) in [5, 5.41) is 0. The van der Waals surface area contributed by atoms with E-state index < -0.39 is 0 Å². The normalized spacial score (nSPS) is 9.67. The molecule has 0 unspecified atom stereocenters. The van der Waals surface area contributed by atoms with Crippen LogP contribution < -0.4 is 11.2 Å². The average Bonchev–Trinajstić information content (AvgIpc) is 2.43. The highest BCUT2D eigenvalue weighted by Crippen LogP contribution is 2.14. The molecule has 0 aliphatic heterocycles. The van der Waals surface area contributed by atoms with E-state index in [1.54, 1.807) is 0 Å². The van der Waals surface area contributed by atoms with Crippen molar-refractivity contribution < 1.29 is 4.79 Å². The van der Waals surface area contributed by atoms with Crippen molar-refractivity contribution in [2.24, 2.45) is 0 Å². The Balaban J connectivity index is 0.00000112. The lowest BCUT2D eigenvalue weighted by Gasteiger charge is -2.04. The molecule has 0 radical (unpaired) electrons. The van der Waals surface area contributed by atoms with E-state index in [4.69, 9.17) is 5.73 Å². The SMILES string of the molecule is Br.CC(=O)Nn1c(N)nc2ccccc21. The summed E-state index contributed by atoms with van der Waals surface area (Å²) in [6.45, 7) is 1.42. The number of carbonyl (C=O) groups is 1. The van der Waals surface area contributed by atoms with E-state index in [2.05, 4.69) is 10.4 Å². The minimum Gasteiger partial charge on any atom is -0.368 e. The molecule has 5 nitrogen and oxygen atoms in total. The number of hydrogen-bond donors (Lipinski definition) is 2. The molecule has 15 heavy (non-hydrogen) atoms. The van der Waals surface area contributed by atoms with E-state index in [-0.39, 0.29) is 28.8 Å². The molecular formula is C9H11BrN4O. The number of nitrogen functional groups attached to an aromatic ring is 1. The summed E-state index contributed by atoms with van der Waals surface area (Å²) < 4.78 is 1.47. The molecule has 0 fully saturated rings. The number of nitrogens with two attached hydrogens (primary N) is 1. The fraction of sp³-hybridized carbons (Fsp3) is 0.111. The number of imidazole rings is 1. The van der Waals surface area contributed by atoms with Gasteiger partial charge >= 0.3 is 0 Å². The quantitative estimate of drug-likeness (QED) is 0.820. The Morgan fingerprint density at radius 3 is 2.80 bits per heavy atom. The highest BCUT2D eigenvalue weighted by molar-refractivity contribution is 8.93. The minimum absolute atomic E-state index is 0. The van der Waals surface area contributed by atoms with E-state index >= 15 is 0 Å². The lowest BCUT2D eigenvalue weighted by Crippen LogP contribution is -2.21. The summed E-state index contributed by atoms with van der Waals surface area (Å²) in [5.41, 5.74) is 9.78. The lowest BCUT2D eigenvalue weighted by atomic mass is 10.3. The average molecular weight is 271 g/mol. The minimum atomic E-state index is -0.181. The number of para-hydroxylation sites is 2. The third kappa shape index (κ3) is 2.10. The first-order chi connectivity index (χ1) is 6.68. The van der Waals surface area contributed by atoms with Gasteiger partial charge in [0.05, 0.1) is 11.0 Å². The first kappa shape index (κ1) is 11.5. The van der Waals surface area contributed by atoms with Crippen LogP contribution in [-0.2, 0) is 4.79 Å². The van der Waals surface area contributed by atoms with Crippen LogP contribution in [0.25, 0.3) is 11.0 Å². The largest absolute Gasteiger partial charge is 0.368 e. The zero-order valence-corrected chi connectivity index (χ0v) is 9.81. The predicted molar refractivity (Wildman–Crippen MR) is 64.5 cm³/mol. The lowest BCUT2D eigenvalue weighted by molar-refractivity contribution is -0.115. The molecule has 0 aliphatic carbocycles. The topological polar surface area (TPSA) is 72.9 Å². The molecule has 0 saturated carbocycles. The summed E-state index contributed by atoms with van der Waals surface area (Å²) in [6, 6.07) is 7.41. The van der Waals surface area contributed by atoms with Crippen molar-refractivity contribution in [1.29, 1.82) is 0 Å². The maximum absolute atomic E-state index is 10.9. The van der Waals surface area contributed by atoms with E-state index in [0.29, 0.717) is 0 Å². The van der Waals surface area contributed by atoms with Crippen LogP contribution in [0.15, 0.2) is 24.3 Å². The van der Waals surface area contributed by atoms with Gasteiger partial charge < -0.3 is 5.73 Å². The van der Waals surface area contributed by atoms with E-state index in [1.807, 2.05) is 24.3 Å². The Kier molecular flexibility index (Phi) is 3.31. The van der Waals surface area contributed by atoms with Gasteiger partial charge in [-0.05, 0) is 12.1 Å². The molecule has 0 bridgehead atoms. The van der Waals surface area contributed by atoms with Gasteiger partial charge in [0, 0.05) is 6.92 Å². The van der Waals surface area contributed by atoms with Crippen molar-refractivity contribution in [3.05, 3.63) is 24.3 Å². The number of hydrogen-bond acceptors (Lipinski definition) is 3. The Hall–Kier alpha value is -1.56. The standard InChI is InChI=1S/C9H10N4O.BrH/c1-6(14)12-13-8-5-3-2-4-7(8)11-9(13)10;/h2-5H,1H3,(H2,10,11)(H,12,14);1H. The van der Waals surface area contributed by atoms with Crippen molar-refractivity contribution in [3.8, 4) is 0 Å². The predicted octanol–water partition coefficient (Wildman–Crippen LogP) is 1.29. The third-order valence-corrected chi connectivity index (χ3v) is 1.86. The third-order valence-electron chi connectivity index (χ3n) is 1.86. The number of benzene rings is 1. The van der Waals surface area contributed by atoms with Crippen LogP contribution in [0.1, 0.15) is 6.92 Å². The van der Waals surface area contributed by atoms with Crippen LogP contribution in [-0.4, -0.2) is 15.6 Å². The van der Waals surface area contributed by atoms with Gasteiger partial charge in [-0.1, -0.05) is 12.1 Å². The van der Waals surface area contributed by atoms with Crippen LogP contribution >= 0.6 is 17.0 Å². The van der Waals surface area contributed by atoms with Gasteiger partial charge in [0.15, 0.2) is 0 Å². The smallest absolute Gasteiger partial charge is 0.235 e. The number of carbonyl (C=O) groups excluding carboxylic acids is 1. The van der Waals surface area contributed by atoms with Gasteiger partial charge in [-0.3, -0.25) is 10.2 Å². The number of nitrogens with one attached hydrogen (secondary N) is 1. The molecule has 1 aromatic heterocycles. The van der Waals surface area contributed by atoms with E-state index in [1.165, 1.54) is 11.6 Å². The van der Waals surface area contributed by atoms with E-state index in [9.17, 15) is 4.79 Å². The highest BCUT2D eigenvalue weighted by atomic mass is 79.9. The second-order valence-electron chi connectivity index (χ2n) is 2.96. The summed E-state index contributed by atoms with van der Waals surface area (Å²) in [6.07, 6.45) is 0. The van der Waals surface area contributed by atoms with Crippen molar-refractivity contribution in [2.75, 3.05) is 11.2 Å². The molecular weight excluding hydrogens is 260 g/mol. The van der Waals surface area contributed by atoms with Gasteiger partial charge in [0.25, 0.3) is 0 Å². The van der Waals surface area contributed by atoms with Gasteiger partial charge in [-0.2, -0.15) is 0 Å². The van der Waals surface area contributed by atoms with Crippen molar-refractivity contribution >= 4 is 39.9 Å². The fourth-order valence-corrected chi connectivity index (χ4v) is 1.32. The second kappa shape index (κ2) is 4.31. The van der Waals surface area contributed by atoms with Crippen molar-refractivity contribution in [3.63, 3.8) is 0 Å². The Morgan fingerprint density at radius 2 is 2.13 bits per heavy atom. The number of fused-ring (bicyclic) bond motifs is 1. The van der Waals surface area contributed by atoms with Crippen LogP contribution in [0, 0.1) is 0 Å². The number of nitrogens with zero attached hydrogens (tertiary/aromatic N) is 2. The van der Waals surface area contributed by atoms with Crippen LogP contribution in [0.3, 0.4) is 0 Å². The molecule has 6 heteroatoms. The molecule has 1 heterocycles. The number of rotatable bonds is 1. The van der Waals surface area contributed by atoms with Gasteiger partial charge in [0.1, 0.15) is 0 Å². The summed E-state index contributed by atoms with van der Waals surface area (Å²) >= 11 is 0. The molecule has 0 saturated heterocycles.